The predicted molar refractivity (Wildman–Crippen MR) is 131 cm³/mol. The molecule has 1 aromatic heterocycles. The Morgan fingerprint density at radius 3 is 2.38 bits per heavy atom. The molecule has 1 aliphatic heterocycles. The molecule has 3 aromatic rings. The number of amides is 3. The van der Waals surface area contributed by atoms with E-state index in [2.05, 4.69) is 20.5 Å². The molecule has 0 saturated carbocycles. The lowest BCUT2D eigenvalue weighted by Crippen LogP contribution is -2.48. The van der Waals surface area contributed by atoms with Crippen molar-refractivity contribution in [2.45, 2.75) is 6.92 Å². The summed E-state index contributed by atoms with van der Waals surface area (Å²) in [5.41, 5.74) is 2.25. The molecule has 3 amide bonds. The number of nitrogens with one attached hydrogen (secondary N) is 2. The van der Waals surface area contributed by atoms with Gasteiger partial charge in [0.2, 0.25) is 0 Å². The summed E-state index contributed by atoms with van der Waals surface area (Å²) in [5, 5.41) is 7.05. The van der Waals surface area contributed by atoms with Gasteiger partial charge >= 0.3 is 6.03 Å². The third kappa shape index (κ3) is 5.32. The first-order valence-electron chi connectivity index (χ1n) is 10.00. The molecule has 4 rings (SSSR count). The van der Waals surface area contributed by atoms with Gasteiger partial charge in [-0.3, -0.25) is 10.1 Å². The highest BCUT2D eigenvalue weighted by Crippen LogP contribution is 2.26. The van der Waals surface area contributed by atoms with Crippen LogP contribution in [0.5, 0.6) is 0 Å². The van der Waals surface area contributed by atoms with Gasteiger partial charge in [-0.05, 0) is 49.4 Å². The van der Waals surface area contributed by atoms with Gasteiger partial charge in [0.05, 0.1) is 5.69 Å². The van der Waals surface area contributed by atoms with Crippen LogP contribution in [-0.4, -0.2) is 48.0 Å². The second-order valence-corrected chi connectivity index (χ2v) is 9.15. The number of thiazole rings is 1. The van der Waals surface area contributed by atoms with Crippen LogP contribution in [0.25, 0.3) is 0 Å². The monoisotopic (exact) mass is 489 g/mol. The lowest BCUT2D eigenvalue weighted by Gasteiger charge is -2.36. The summed E-state index contributed by atoms with van der Waals surface area (Å²) in [6.45, 7) is 4.41. The molecule has 2 heterocycles. The zero-order chi connectivity index (χ0) is 22.7. The number of urea groups is 1. The van der Waals surface area contributed by atoms with E-state index in [1.165, 1.54) is 11.3 Å². The molecule has 2 N–H and O–H groups in total. The number of piperazine rings is 1. The first kappa shape index (κ1) is 22.4. The quantitative estimate of drug-likeness (QED) is 0.516. The summed E-state index contributed by atoms with van der Waals surface area (Å²) >= 11 is 13.1. The van der Waals surface area contributed by atoms with Crippen molar-refractivity contribution in [3.05, 3.63) is 69.1 Å². The Kier molecular flexibility index (Phi) is 6.83. The highest BCUT2D eigenvalue weighted by molar-refractivity contribution is 7.17. The molecular formula is C22H21Cl2N5O2S. The molecule has 7 nitrogen and oxygen atoms in total. The van der Waals surface area contributed by atoms with Crippen molar-refractivity contribution >= 4 is 63.0 Å². The number of benzene rings is 2. The number of carbonyl (C=O) groups excluding carboxylic acids is 2. The number of aromatic nitrogens is 1. The minimum Gasteiger partial charge on any atom is -0.368 e. The Hall–Kier alpha value is -2.81. The van der Waals surface area contributed by atoms with E-state index in [-0.39, 0.29) is 5.91 Å². The first-order valence-corrected chi connectivity index (χ1v) is 11.6. The van der Waals surface area contributed by atoms with Crippen LogP contribution in [0.15, 0.2) is 48.5 Å². The van der Waals surface area contributed by atoms with Crippen molar-refractivity contribution in [1.29, 1.82) is 0 Å². The summed E-state index contributed by atoms with van der Waals surface area (Å²) in [5.74, 6) is -0.0723. The van der Waals surface area contributed by atoms with Gasteiger partial charge in [-0.2, -0.15) is 0 Å². The molecule has 1 saturated heterocycles. The van der Waals surface area contributed by atoms with Crippen LogP contribution < -0.4 is 15.5 Å². The summed E-state index contributed by atoms with van der Waals surface area (Å²) in [4.78, 5) is 34.2. The summed E-state index contributed by atoms with van der Waals surface area (Å²) < 4.78 is 0. The molecule has 0 aliphatic carbocycles. The number of nitrogens with zero attached hydrogens (tertiary/aromatic N) is 3. The van der Waals surface area contributed by atoms with E-state index in [9.17, 15) is 9.59 Å². The molecule has 0 unspecified atom stereocenters. The van der Waals surface area contributed by atoms with Crippen molar-refractivity contribution in [3.8, 4) is 0 Å². The first-order chi connectivity index (χ1) is 15.4. The Morgan fingerprint density at radius 1 is 0.969 bits per heavy atom. The zero-order valence-electron chi connectivity index (χ0n) is 17.3. The number of rotatable bonds is 4. The summed E-state index contributed by atoms with van der Waals surface area (Å²) in [7, 11) is 0. The predicted octanol–water partition coefficient (Wildman–Crippen LogP) is 5.36. The smallest absolute Gasteiger partial charge is 0.325 e. The summed E-state index contributed by atoms with van der Waals surface area (Å²) in [6, 6.07) is 14.1. The van der Waals surface area contributed by atoms with Crippen LogP contribution in [0.1, 0.15) is 15.4 Å². The highest BCUT2D eigenvalue weighted by Gasteiger charge is 2.26. The van der Waals surface area contributed by atoms with E-state index < -0.39 is 6.03 Å². The molecule has 1 aliphatic rings. The minimum atomic E-state index is -0.435. The maximum atomic E-state index is 13.1. The van der Waals surface area contributed by atoms with Gasteiger partial charge in [0.1, 0.15) is 4.88 Å². The van der Waals surface area contributed by atoms with Gasteiger partial charge < -0.3 is 15.1 Å². The fourth-order valence-corrected chi connectivity index (χ4v) is 4.67. The van der Waals surface area contributed by atoms with Crippen molar-refractivity contribution in [3.63, 3.8) is 0 Å². The number of carbonyl (C=O) groups is 2. The van der Waals surface area contributed by atoms with Crippen LogP contribution in [0.4, 0.5) is 21.3 Å². The van der Waals surface area contributed by atoms with Gasteiger partial charge in [0, 0.05) is 47.6 Å². The molecule has 10 heteroatoms. The normalized spacial score (nSPS) is 13.7. The average Bonchev–Trinajstić information content (AvgIpc) is 3.14. The third-order valence-electron chi connectivity index (χ3n) is 5.05. The van der Waals surface area contributed by atoms with E-state index in [4.69, 9.17) is 23.2 Å². The third-order valence-corrected chi connectivity index (χ3v) is 6.60. The highest BCUT2D eigenvalue weighted by atomic mass is 35.5. The van der Waals surface area contributed by atoms with Crippen molar-refractivity contribution in [2.75, 3.05) is 41.7 Å². The van der Waals surface area contributed by atoms with Crippen LogP contribution in [0.3, 0.4) is 0 Å². The zero-order valence-corrected chi connectivity index (χ0v) is 19.6. The standard InChI is InChI=1S/C22H21Cl2N5O2S/c1-14-19(32-22(25-14)27-21(31)26-17-7-5-15(23)6-8-17)20(30)29-11-9-28(10-12-29)18-4-2-3-16(24)13-18/h2-8,13H,9-12H2,1H3,(H2,25,26,27,31). The summed E-state index contributed by atoms with van der Waals surface area (Å²) in [6.07, 6.45) is 0. The van der Waals surface area contributed by atoms with Crippen LogP contribution >= 0.6 is 34.5 Å². The van der Waals surface area contributed by atoms with Crippen molar-refractivity contribution in [2.24, 2.45) is 0 Å². The molecular weight excluding hydrogens is 469 g/mol. The van der Waals surface area contributed by atoms with Crippen LogP contribution in [-0.2, 0) is 0 Å². The molecule has 1 fully saturated rings. The second kappa shape index (κ2) is 9.77. The van der Waals surface area contributed by atoms with Crippen LogP contribution in [0.2, 0.25) is 10.0 Å². The lowest BCUT2D eigenvalue weighted by atomic mass is 10.2. The average molecular weight is 490 g/mol. The Morgan fingerprint density at radius 2 is 1.69 bits per heavy atom. The topological polar surface area (TPSA) is 77.6 Å². The van der Waals surface area contributed by atoms with E-state index >= 15 is 0 Å². The number of aryl methyl sites for hydroxylation is 1. The maximum Gasteiger partial charge on any atom is 0.325 e. The Labute approximate surface area is 200 Å². The maximum absolute atomic E-state index is 13.1. The second-order valence-electron chi connectivity index (χ2n) is 7.28. The van der Waals surface area contributed by atoms with Gasteiger partial charge in [0.15, 0.2) is 5.13 Å². The van der Waals surface area contributed by atoms with Gasteiger partial charge in [-0.25, -0.2) is 9.78 Å². The SMILES string of the molecule is Cc1nc(NC(=O)Nc2ccc(Cl)cc2)sc1C(=O)N1CCN(c2cccc(Cl)c2)CC1. The largest absolute Gasteiger partial charge is 0.368 e. The fourth-order valence-electron chi connectivity index (χ4n) is 3.43. The Balaban J connectivity index is 1.35. The molecule has 32 heavy (non-hydrogen) atoms. The number of hydrogen-bond acceptors (Lipinski definition) is 5. The van der Waals surface area contributed by atoms with Crippen LogP contribution in [0, 0.1) is 6.92 Å². The van der Waals surface area contributed by atoms with Gasteiger partial charge in [0.25, 0.3) is 5.91 Å². The minimum absolute atomic E-state index is 0.0723. The van der Waals surface area contributed by atoms with E-state index in [1.54, 1.807) is 31.2 Å². The van der Waals surface area contributed by atoms with Gasteiger partial charge in [-0.1, -0.05) is 40.6 Å². The molecule has 2 aromatic carbocycles. The van der Waals surface area contributed by atoms with E-state index in [0.29, 0.717) is 44.5 Å². The number of anilines is 3. The molecule has 0 spiro atoms. The van der Waals surface area contributed by atoms with Gasteiger partial charge in [-0.15, -0.1) is 0 Å². The molecule has 0 radical (unpaired) electrons. The number of hydrogen-bond donors (Lipinski definition) is 2. The molecule has 0 atom stereocenters. The van der Waals surface area contributed by atoms with E-state index in [0.717, 1.165) is 18.8 Å². The van der Waals surface area contributed by atoms with E-state index in [1.807, 2.05) is 29.2 Å². The molecule has 166 valence electrons. The van der Waals surface area contributed by atoms with Crippen molar-refractivity contribution < 1.29 is 9.59 Å². The Bertz CT molecular complexity index is 1130. The molecule has 0 bridgehead atoms. The number of halogens is 2. The van der Waals surface area contributed by atoms with Crippen molar-refractivity contribution in [1.82, 2.24) is 9.88 Å². The lowest BCUT2D eigenvalue weighted by molar-refractivity contribution is 0.0750. The fraction of sp³-hybridized carbons (Fsp3) is 0.227.